The molecule has 0 aliphatic carbocycles. The van der Waals surface area contributed by atoms with Crippen LogP contribution < -0.4 is 14.8 Å². The molecule has 0 bridgehead atoms. The number of hydrogen-bond acceptors (Lipinski definition) is 4. The summed E-state index contributed by atoms with van der Waals surface area (Å²) in [4.78, 5) is 12.3. The average molecular weight is 455 g/mol. The molecule has 0 spiro atoms. The Morgan fingerprint density at radius 1 is 1.15 bits per heavy atom. The summed E-state index contributed by atoms with van der Waals surface area (Å²) in [6.45, 7) is 2.65. The van der Waals surface area contributed by atoms with Crippen molar-refractivity contribution in [2.75, 3.05) is 18.5 Å². The van der Waals surface area contributed by atoms with Crippen LogP contribution in [0.4, 0.5) is 5.69 Å². The molecule has 8 heteroatoms. The Hall–Kier alpha value is -1.90. The van der Waals surface area contributed by atoms with Gasteiger partial charge in [0.1, 0.15) is 5.75 Å². The molecule has 0 aliphatic rings. The summed E-state index contributed by atoms with van der Waals surface area (Å²) in [6, 6.07) is 13.6. The molecule has 0 unspecified atom stereocenters. The second-order valence-electron chi connectivity index (χ2n) is 5.85. The molecular weight excluding hydrogens is 432 g/mol. The van der Waals surface area contributed by atoms with Gasteiger partial charge < -0.3 is 10.1 Å². The van der Waals surface area contributed by atoms with Gasteiger partial charge in [-0.1, -0.05) is 47.5 Å². The third kappa shape index (κ3) is 6.97. The van der Waals surface area contributed by atoms with Gasteiger partial charge in [0.05, 0.1) is 17.2 Å². The molecule has 0 atom stereocenters. The van der Waals surface area contributed by atoms with E-state index in [9.17, 15) is 13.2 Å². The van der Waals surface area contributed by atoms with Gasteiger partial charge in [0.15, 0.2) is 0 Å². The molecule has 0 aliphatic heterocycles. The second kappa shape index (κ2) is 10.4. The number of anilines is 1. The van der Waals surface area contributed by atoms with Gasteiger partial charge in [-0.25, -0.2) is 13.1 Å². The maximum Gasteiger partial charge on any atom is 0.240 e. The molecule has 27 heavy (non-hydrogen) atoms. The summed E-state index contributed by atoms with van der Waals surface area (Å²) in [7, 11) is -3.66. The van der Waals surface area contributed by atoms with Crippen molar-refractivity contribution in [2.45, 2.75) is 31.1 Å². The van der Waals surface area contributed by atoms with Crippen molar-refractivity contribution < 1.29 is 17.9 Å². The van der Waals surface area contributed by atoms with Gasteiger partial charge in [0.2, 0.25) is 15.9 Å². The summed E-state index contributed by atoms with van der Waals surface area (Å²) in [5.41, 5.74) is 0.577. The SMILES string of the molecule is CCCCOc1ccccc1NC(=O)CCNS(=O)(=O)c1cccc(Br)c1. The zero-order chi connectivity index (χ0) is 19.7. The van der Waals surface area contributed by atoms with E-state index >= 15 is 0 Å². The van der Waals surface area contributed by atoms with Crippen molar-refractivity contribution >= 4 is 37.5 Å². The number of sulfonamides is 1. The highest BCUT2D eigenvalue weighted by molar-refractivity contribution is 9.10. The Kier molecular flexibility index (Phi) is 8.27. The fourth-order valence-electron chi connectivity index (χ4n) is 2.25. The van der Waals surface area contributed by atoms with Gasteiger partial charge in [-0.15, -0.1) is 0 Å². The van der Waals surface area contributed by atoms with E-state index < -0.39 is 10.0 Å². The summed E-state index contributed by atoms with van der Waals surface area (Å²) in [5.74, 6) is 0.313. The minimum absolute atomic E-state index is 0.000458. The first kappa shape index (κ1) is 21.4. The number of benzene rings is 2. The number of ether oxygens (including phenoxy) is 1. The standard InChI is InChI=1S/C19H23BrN2O4S/c1-2-3-13-26-18-10-5-4-9-17(18)22-19(23)11-12-21-27(24,25)16-8-6-7-15(20)14-16/h4-10,14,21H,2-3,11-13H2,1H3,(H,22,23). The monoisotopic (exact) mass is 454 g/mol. The largest absolute Gasteiger partial charge is 0.491 e. The van der Waals surface area contributed by atoms with E-state index in [1.807, 2.05) is 6.07 Å². The first-order valence-corrected chi connectivity index (χ1v) is 11.0. The molecule has 2 aromatic rings. The molecule has 2 rings (SSSR count). The number of para-hydroxylation sites is 2. The van der Waals surface area contributed by atoms with Gasteiger partial charge in [0, 0.05) is 17.4 Å². The number of hydrogen-bond donors (Lipinski definition) is 2. The van der Waals surface area contributed by atoms with E-state index in [1.54, 1.807) is 30.3 Å². The fourth-order valence-corrected chi connectivity index (χ4v) is 3.88. The number of amides is 1. The van der Waals surface area contributed by atoms with E-state index in [0.717, 1.165) is 12.8 Å². The molecule has 6 nitrogen and oxygen atoms in total. The Balaban J connectivity index is 1.88. The van der Waals surface area contributed by atoms with E-state index in [1.165, 1.54) is 12.1 Å². The molecule has 146 valence electrons. The zero-order valence-corrected chi connectivity index (χ0v) is 17.5. The van der Waals surface area contributed by atoms with Crippen molar-refractivity contribution in [3.63, 3.8) is 0 Å². The highest BCUT2D eigenvalue weighted by Gasteiger charge is 2.15. The minimum Gasteiger partial charge on any atom is -0.491 e. The fraction of sp³-hybridized carbons (Fsp3) is 0.316. The van der Waals surface area contributed by atoms with Gasteiger partial charge in [-0.05, 0) is 36.8 Å². The van der Waals surface area contributed by atoms with Crippen molar-refractivity contribution in [3.05, 3.63) is 53.0 Å². The highest BCUT2D eigenvalue weighted by atomic mass is 79.9. The normalized spacial score (nSPS) is 11.2. The average Bonchev–Trinajstić information content (AvgIpc) is 2.63. The van der Waals surface area contributed by atoms with Crippen molar-refractivity contribution in [2.24, 2.45) is 0 Å². The van der Waals surface area contributed by atoms with Crippen LogP contribution in [0.5, 0.6) is 5.75 Å². The predicted molar refractivity (Wildman–Crippen MR) is 109 cm³/mol. The quantitative estimate of drug-likeness (QED) is 0.532. The molecule has 0 saturated heterocycles. The number of carbonyl (C=O) groups excluding carboxylic acids is 1. The number of nitrogens with one attached hydrogen (secondary N) is 2. The summed E-state index contributed by atoms with van der Waals surface area (Å²) in [6.07, 6.45) is 1.96. The molecule has 0 aromatic heterocycles. The van der Waals surface area contributed by atoms with E-state index in [4.69, 9.17) is 4.74 Å². The molecule has 1 amide bonds. The molecule has 0 saturated carbocycles. The Morgan fingerprint density at radius 3 is 2.67 bits per heavy atom. The smallest absolute Gasteiger partial charge is 0.240 e. The van der Waals surface area contributed by atoms with Crippen molar-refractivity contribution in [1.82, 2.24) is 4.72 Å². The van der Waals surface area contributed by atoms with Crippen LogP contribution in [0, 0.1) is 0 Å². The highest BCUT2D eigenvalue weighted by Crippen LogP contribution is 2.24. The topological polar surface area (TPSA) is 84.5 Å². The second-order valence-corrected chi connectivity index (χ2v) is 8.53. The molecular formula is C19H23BrN2O4S. The summed E-state index contributed by atoms with van der Waals surface area (Å²) in [5, 5.41) is 2.77. The van der Waals surface area contributed by atoms with E-state index in [2.05, 4.69) is 32.9 Å². The lowest BCUT2D eigenvalue weighted by Gasteiger charge is -2.12. The van der Waals surface area contributed by atoms with Gasteiger partial charge in [-0.3, -0.25) is 4.79 Å². The Morgan fingerprint density at radius 2 is 1.93 bits per heavy atom. The van der Waals surface area contributed by atoms with Crippen LogP contribution in [0.1, 0.15) is 26.2 Å². The number of halogens is 1. The van der Waals surface area contributed by atoms with Crippen LogP contribution in [0.3, 0.4) is 0 Å². The lowest BCUT2D eigenvalue weighted by atomic mass is 10.2. The van der Waals surface area contributed by atoms with Crippen LogP contribution in [-0.2, 0) is 14.8 Å². The summed E-state index contributed by atoms with van der Waals surface area (Å²) >= 11 is 3.24. The van der Waals surface area contributed by atoms with Gasteiger partial charge in [0.25, 0.3) is 0 Å². The molecule has 0 fully saturated rings. The number of rotatable bonds is 10. The third-order valence-corrected chi connectivity index (χ3v) is 5.62. The predicted octanol–water partition coefficient (Wildman–Crippen LogP) is 3.94. The van der Waals surface area contributed by atoms with Crippen LogP contribution in [-0.4, -0.2) is 27.5 Å². The minimum atomic E-state index is -3.66. The van der Waals surface area contributed by atoms with Crippen molar-refractivity contribution in [3.8, 4) is 5.75 Å². The van der Waals surface area contributed by atoms with Crippen molar-refractivity contribution in [1.29, 1.82) is 0 Å². The molecule has 0 radical (unpaired) electrons. The number of carbonyl (C=O) groups is 1. The Labute approximate surface area is 168 Å². The van der Waals surface area contributed by atoms with Crippen LogP contribution in [0.2, 0.25) is 0 Å². The first-order chi connectivity index (χ1) is 12.9. The van der Waals surface area contributed by atoms with Crippen LogP contribution >= 0.6 is 15.9 Å². The summed E-state index contributed by atoms with van der Waals surface area (Å²) < 4.78 is 33.3. The lowest BCUT2D eigenvalue weighted by molar-refractivity contribution is -0.116. The lowest BCUT2D eigenvalue weighted by Crippen LogP contribution is -2.28. The third-order valence-electron chi connectivity index (χ3n) is 3.67. The van der Waals surface area contributed by atoms with E-state index in [0.29, 0.717) is 22.5 Å². The van der Waals surface area contributed by atoms with Gasteiger partial charge in [-0.2, -0.15) is 0 Å². The molecule has 2 aromatic carbocycles. The molecule has 2 N–H and O–H groups in total. The van der Waals surface area contributed by atoms with Crippen LogP contribution in [0.15, 0.2) is 57.9 Å². The van der Waals surface area contributed by atoms with Gasteiger partial charge >= 0.3 is 0 Å². The zero-order valence-electron chi connectivity index (χ0n) is 15.1. The maximum absolute atomic E-state index is 12.2. The Bertz CT molecular complexity index is 872. The molecule has 0 heterocycles. The number of unbranched alkanes of at least 4 members (excludes halogenated alkanes) is 1. The maximum atomic E-state index is 12.2. The first-order valence-electron chi connectivity index (χ1n) is 8.69. The van der Waals surface area contributed by atoms with E-state index in [-0.39, 0.29) is 23.8 Å². The van der Waals surface area contributed by atoms with Crippen LogP contribution in [0.25, 0.3) is 0 Å².